The lowest BCUT2D eigenvalue weighted by atomic mass is 9.45. The Morgan fingerprint density at radius 1 is 1.29 bits per heavy atom. The van der Waals surface area contributed by atoms with Crippen molar-refractivity contribution >= 4 is 29.5 Å². The van der Waals surface area contributed by atoms with E-state index in [1.165, 1.54) is 26.0 Å². The molecule has 31 heavy (non-hydrogen) atoms. The monoisotopic (exact) mass is 454 g/mol. The molecule has 0 bridgehead atoms. The summed E-state index contributed by atoms with van der Waals surface area (Å²) >= 11 is 4.05. The van der Waals surface area contributed by atoms with Crippen LogP contribution in [-0.2, 0) is 19.1 Å². The normalized spacial score (nSPS) is 48.7. The highest BCUT2D eigenvalue weighted by atomic mass is 32.1. The van der Waals surface area contributed by atoms with Gasteiger partial charge in [-0.3, -0.25) is 14.4 Å². The van der Waals surface area contributed by atoms with Crippen LogP contribution in [0.4, 0.5) is 8.78 Å². The molecule has 170 valence electrons. The van der Waals surface area contributed by atoms with Gasteiger partial charge in [-0.1, -0.05) is 19.9 Å². The lowest BCUT2D eigenvalue weighted by molar-refractivity contribution is -0.222. The van der Waals surface area contributed by atoms with Gasteiger partial charge in [0.15, 0.2) is 17.1 Å². The maximum atomic E-state index is 17.1. The molecule has 0 aromatic carbocycles. The Kier molecular flexibility index (Phi) is 4.92. The Morgan fingerprint density at radius 2 is 1.94 bits per heavy atom. The largest absolute Gasteiger partial charge is 0.449 e. The Morgan fingerprint density at radius 3 is 2.52 bits per heavy atom. The molecule has 2 saturated carbocycles. The summed E-state index contributed by atoms with van der Waals surface area (Å²) in [4.78, 5) is 36.7. The van der Waals surface area contributed by atoms with Crippen molar-refractivity contribution in [3.8, 4) is 0 Å². The van der Waals surface area contributed by atoms with Crippen molar-refractivity contribution in [2.75, 3.05) is 0 Å². The molecule has 0 aromatic rings. The highest BCUT2D eigenvalue weighted by Crippen LogP contribution is 2.71. The summed E-state index contributed by atoms with van der Waals surface area (Å²) in [5, 5.41) is 10.6. The number of allylic oxidation sites excluding steroid dienone is 4. The lowest BCUT2D eigenvalue weighted by Crippen LogP contribution is -2.69. The maximum absolute atomic E-state index is 17.1. The first-order chi connectivity index (χ1) is 14.3. The average molecular weight is 455 g/mol. The van der Waals surface area contributed by atoms with E-state index >= 15 is 8.78 Å². The molecule has 2 fully saturated rings. The summed E-state index contributed by atoms with van der Waals surface area (Å²) in [5.41, 5.74) is -6.39. The van der Waals surface area contributed by atoms with E-state index in [0.29, 0.717) is 6.42 Å². The van der Waals surface area contributed by atoms with E-state index in [9.17, 15) is 19.5 Å². The molecule has 4 aliphatic carbocycles. The van der Waals surface area contributed by atoms with Crippen molar-refractivity contribution in [1.29, 1.82) is 0 Å². The molecule has 0 saturated heterocycles. The molecule has 0 aliphatic heterocycles. The molecule has 4 aliphatic rings. The summed E-state index contributed by atoms with van der Waals surface area (Å²) in [7, 11) is 0. The quantitative estimate of drug-likeness (QED) is 0.492. The van der Waals surface area contributed by atoms with Crippen molar-refractivity contribution in [2.24, 2.45) is 28.6 Å². The summed E-state index contributed by atoms with van der Waals surface area (Å²) in [6.07, 6.45) is 0.767. The van der Waals surface area contributed by atoms with Gasteiger partial charge < -0.3 is 9.84 Å². The van der Waals surface area contributed by atoms with Crippen LogP contribution in [0.5, 0.6) is 0 Å². The van der Waals surface area contributed by atoms with Gasteiger partial charge in [0.2, 0.25) is 5.12 Å². The second kappa shape index (κ2) is 6.73. The van der Waals surface area contributed by atoms with Crippen molar-refractivity contribution in [2.45, 2.75) is 70.8 Å². The number of ether oxygens (including phenoxy) is 1. The molecule has 1 N–H and O–H groups in total. The molecule has 4 rings (SSSR count). The number of halogens is 2. The van der Waals surface area contributed by atoms with Crippen molar-refractivity contribution in [3.63, 3.8) is 0 Å². The first kappa shape index (κ1) is 22.6. The number of rotatable bonds is 2. The van der Waals surface area contributed by atoms with Crippen LogP contribution < -0.4 is 0 Å². The highest BCUT2D eigenvalue weighted by Gasteiger charge is 2.77. The van der Waals surface area contributed by atoms with E-state index in [0.717, 1.165) is 0 Å². The third-order valence-electron chi connectivity index (χ3n) is 8.82. The van der Waals surface area contributed by atoms with Crippen LogP contribution in [0.3, 0.4) is 0 Å². The Hall–Kier alpha value is -1.54. The van der Waals surface area contributed by atoms with Crippen LogP contribution in [0.2, 0.25) is 0 Å². The zero-order valence-electron chi connectivity index (χ0n) is 18.1. The lowest BCUT2D eigenvalue weighted by Gasteiger charge is -2.62. The van der Waals surface area contributed by atoms with Crippen LogP contribution in [0.15, 0.2) is 23.6 Å². The maximum Gasteiger partial charge on any atom is 0.303 e. The minimum absolute atomic E-state index is 0.0870. The first-order valence-corrected chi connectivity index (χ1v) is 11.1. The van der Waals surface area contributed by atoms with E-state index in [4.69, 9.17) is 4.74 Å². The number of ketones is 1. The summed E-state index contributed by atoms with van der Waals surface area (Å²) < 4.78 is 38.0. The Balaban J connectivity index is 1.91. The molecule has 0 amide bonds. The van der Waals surface area contributed by atoms with Crippen LogP contribution in [0.1, 0.15) is 53.4 Å². The van der Waals surface area contributed by atoms with E-state index < -0.39 is 62.9 Å². The number of carbonyl (C=O) groups excluding carboxylic acids is 3. The zero-order valence-corrected chi connectivity index (χ0v) is 19.0. The van der Waals surface area contributed by atoms with Gasteiger partial charge in [0.1, 0.15) is 5.83 Å². The highest BCUT2D eigenvalue weighted by molar-refractivity contribution is 7.96. The van der Waals surface area contributed by atoms with Crippen LogP contribution >= 0.6 is 12.6 Å². The number of esters is 1. The molecular formula is C23H28F2O5S. The summed E-state index contributed by atoms with van der Waals surface area (Å²) in [6, 6.07) is 0. The smallest absolute Gasteiger partial charge is 0.303 e. The number of aliphatic hydroxyl groups excluding tert-OH is 1. The van der Waals surface area contributed by atoms with Gasteiger partial charge in [0.05, 0.1) is 6.10 Å². The minimum atomic E-state index is -2.23. The number of hydrogen-bond donors (Lipinski definition) is 2. The van der Waals surface area contributed by atoms with E-state index in [-0.39, 0.29) is 30.6 Å². The van der Waals surface area contributed by atoms with Crippen LogP contribution in [0, 0.1) is 28.6 Å². The van der Waals surface area contributed by atoms with Crippen molar-refractivity contribution < 1.29 is 33.0 Å². The number of thiol groups is 1. The molecule has 5 nitrogen and oxygen atoms in total. The topological polar surface area (TPSA) is 80.7 Å². The molecular weight excluding hydrogens is 426 g/mol. The SMILES string of the molecule is CC(=O)O[C@]1(C(=O)S)[C@H](C)C[C@H]2[C@@H]3CC(F)=C4CC(=O)C=C[C@]4(C)[C@@]3(F)[C@@H](O)C[C@@]21C. The first-order valence-electron chi connectivity index (χ1n) is 10.7. The Bertz CT molecular complexity index is 946. The van der Waals surface area contributed by atoms with Gasteiger partial charge in [-0.05, 0) is 37.3 Å². The summed E-state index contributed by atoms with van der Waals surface area (Å²) in [5.74, 6) is -3.49. The molecule has 0 aromatic heterocycles. The molecule has 8 heteroatoms. The molecule has 0 unspecified atom stereocenters. The third kappa shape index (κ3) is 2.55. The fraction of sp³-hybridized carbons (Fsp3) is 0.696. The average Bonchev–Trinajstić information content (AvgIpc) is 2.87. The third-order valence-corrected chi connectivity index (χ3v) is 9.15. The molecule has 0 heterocycles. The standard InChI is InChI=1S/C23H28F2O5S/c1-11-7-14-15-9-17(24)16-8-13(27)5-6-20(16,3)22(15,25)18(28)10-21(14,4)23(11,19(29)31)30-12(2)26/h5-6,11,14-15,18,28H,7-10H2,1-4H3,(H,29,31)/t11-,14+,15+,18+,20+,21+,22+,23+/m1/s1. The van der Waals surface area contributed by atoms with Gasteiger partial charge >= 0.3 is 5.97 Å². The molecule has 8 atom stereocenters. The Labute approximate surface area is 185 Å². The fourth-order valence-electron chi connectivity index (χ4n) is 7.44. The van der Waals surface area contributed by atoms with E-state index in [1.54, 1.807) is 13.8 Å². The fourth-order valence-corrected chi connectivity index (χ4v) is 7.96. The van der Waals surface area contributed by atoms with E-state index in [2.05, 4.69) is 12.6 Å². The van der Waals surface area contributed by atoms with Gasteiger partial charge in [-0.15, -0.1) is 12.6 Å². The molecule has 0 spiro atoms. The van der Waals surface area contributed by atoms with Gasteiger partial charge in [-0.25, -0.2) is 8.78 Å². The number of fused-ring (bicyclic) bond motifs is 5. The van der Waals surface area contributed by atoms with E-state index in [1.807, 2.05) is 0 Å². The van der Waals surface area contributed by atoms with Gasteiger partial charge in [0, 0.05) is 42.4 Å². The number of alkyl halides is 1. The van der Waals surface area contributed by atoms with Crippen LogP contribution in [-0.4, -0.2) is 39.3 Å². The predicted octanol–water partition coefficient (Wildman–Crippen LogP) is 3.66. The van der Waals surface area contributed by atoms with Crippen LogP contribution in [0.25, 0.3) is 0 Å². The zero-order chi connectivity index (χ0) is 23.1. The second-order valence-electron chi connectivity index (χ2n) is 10.2. The number of carbonyl (C=O) groups is 3. The minimum Gasteiger partial charge on any atom is -0.449 e. The van der Waals surface area contributed by atoms with Crippen molar-refractivity contribution in [1.82, 2.24) is 0 Å². The van der Waals surface area contributed by atoms with Gasteiger partial charge in [0.25, 0.3) is 0 Å². The summed E-state index contributed by atoms with van der Waals surface area (Å²) in [6.45, 7) is 6.18. The van der Waals surface area contributed by atoms with Gasteiger partial charge in [-0.2, -0.15) is 0 Å². The predicted molar refractivity (Wildman–Crippen MR) is 111 cm³/mol. The molecule has 0 radical (unpaired) electrons. The number of hydrogen-bond acceptors (Lipinski definition) is 5. The van der Waals surface area contributed by atoms with Crippen molar-refractivity contribution in [3.05, 3.63) is 23.6 Å². The second-order valence-corrected chi connectivity index (χ2v) is 10.6. The number of aliphatic hydroxyl groups is 1.